The van der Waals surface area contributed by atoms with Crippen LogP contribution in [0.3, 0.4) is 0 Å². The van der Waals surface area contributed by atoms with Gasteiger partial charge in [-0.15, -0.1) is 0 Å². The van der Waals surface area contributed by atoms with Crippen LogP contribution in [0.2, 0.25) is 0 Å². The van der Waals surface area contributed by atoms with Crippen molar-refractivity contribution in [2.24, 2.45) is 0 Å². The van der Waals surface area contributed by atoms with Crippen molar-refractivity contribution in [3.05, 3.63) is 45.7 Å². The molecule has 0 aliphatic carbocycles. The summed E-state index contributed by atoms with van der Waals surface area (Å²) in [6.07, 6.45) is 3.11. The fourth-order valence-corrected chi connectivity index (χ4v) is 3.36. The van der Waals surface area contributed by atoms with Crippen LogP contribution in [0, 0.1) is 6.92 Å². The van der Waals surface area contributed by atoms with E-state index in [0.717, 1.165) is 49.5 Å². The molecule has 0 radical (unpaired) electrons. The lowest BCUT2D eigenvalue weighted by Crippen LogP contribution is -2.38. The number of aromatic nitrogens is 3. The predicted octanol–water partition coefficient (Wildman–Crippen LogP) is 2.54. The van der Waals surface area contributed by atoms with Crippen molar-refractivity contribution in [3.63, 3.8) is 0 Å². The third-order valence-electron chi connectivity index (χ3n) is 4.84. The standard InChI is InChI=1S/C19H28N4O2/c1-14-12-16(25-21-14)9-11-22-10-5-6-15(22)13-23-18(24)8-7-17(20-23)19(2,3)4/h7-8,12,15H,5-6,9-11,13H2,1-4H3. The lowest BCUT2D eigenvalue weighted by molar-refractivity contribution is 0.219. The second-order valence-corrected chi connectivity index (χ2v) is 8.01. The number of aryl methyl sites for hydroxylation is 1. The van der Waals surface area contributed by atoms with Gasteiger partial charge in [0.05, 0.1) is 17.9 Å². The zero-order valence-electron chi connectivity index (χ0n) is 15.7. The minimum absolute atomic E-state index is 0.0225. The van der Waals surface area contributed by atoms with Crippen molar-refractivity contribution in [1.82, 2.24) is 19.8 Å². The van der Waals surface area contributed by atoms with E-state index in [1.165, 1.54) is 0 Å². The van der Waals surface area contributed by atoms with Gasteiger partial charge in [-0.2, -0.15) is 5.10 Å². The van der Waals surface area contributed by atoms with E-state index in [1.807, 2.05) is 19.1 Å². The van der Waals surface area contributed by atoms with Crippen molar-refractivity contribution in [3.8, 4) is 0 Å². The summed E-state index contributed by atoms with van der Waals surface area (Å²) in [5, 5.41) is 8.56. The molecule has 0 saturated carbocycles. The SMILES string of the molecule is Cc1cc(CCN2CCCC2Cn2nc(C(C)(C)C)ccc2=O)on1. The van der Waals surface area contributed by atoms with E-state index in [0.29, 0.717) is 12.6 Å². The van der Waals surface area contributed by atoms with Gasteiger partial charge in [0.25, 0.3) is 5.56 Å². The predicted molar refractivity (Wildman–Crippen MR) is 96.7 cm³/mol. The van der Waals surface area contributed by atoms with Gasteiger partial charge in [-0.05, 0) is 32.4 Å². The quantitative estimate of drug-likeness (QED) is 0.834. The summed E-state index contributed by atoms with van der Waals surface area (Å²) in [5.74, 6) is 0.924. The second kappa shape index (κ2) is 7.12. The molecule has 6 heteroatoms. The van der Waals surface area contributed by atoms with Crippen LogP contribution in [-0.2, 0) is 18.4 Å². The molecule has 3 heterocycles. The Bertz CT molecular complexity index is 772. The molecule has 6 nitrogen and oxygen atoms in total. The van der Waals surface area contributed by atoms with Crippen LogP contribution in [0.1, 0.15) is 50.8 Å². The first-order valence-electron chi connectivity index (χ1n) is 9.08. The van der Waals surface area contributed by atoms with E-state index in [2.05, 4.69) is 35.9 Å². The Labute approximate surface area is 148 Å². The Kier molecular flexibility index (Phi) is 5.08. The lowest BCUT2D eigenvalue weighted by atomic mass is 9.92. The van der Waals surface area contributed by atoms with Crippen LogP contribution in [0.5, 0.6) is 0 Å². The molecule has 136 valence electrons. The van der Waals surface area contributed by atoms with Crippen LogP contribution in [0.25, 0.3) is 0 Å². The van der Waals surface area contributed by atoms with Gasteiger partial charge in [0.1, 0.15) is 5.76 Å². The first kappa shape index (κ1) is 17.9. The Morgan fingerprint density at radius 2 is 2.12 bits per heavy atom. The van der Waals surface area contributed by atoms with Crippen LogP contribution in [0.4, 0.5) is 0 Å². The topological polar surface area (TPSA) is 64.2 Å². The molecule has 25 heavy (non-hydrogen) atoms. The van der Waals surface area contributed by atoms with Gasteiger partial charge in [0, 0.05) is 36.6 Å². The summed E-state index contributed by atoms with van der Waals surface area (Å²) in [7, 11) is 0. The number of nitrogens with zero attached hydrogens (tertiary/aromatic N) is 4. The molecule has 0 spiro atoms. The van der Waals surface area contributed by atoms with Crippen molar-refractivity contribution >= 4 is 0 Å². The zero-order chi connectivity index (χ0) is 18.0. The summed E-state index contributed by atoms with van der Waals surface area (Å²) in [6, 6.07) is 5.83. The molecule has 1 atom stereocenters. The molecule has 0 bridgehead atoms. The first-order chi connectivity index (χ1) is 11.8. The molecule has 1 aliphatic heterocycles. The fourth-order valence-electron chi connectivity index (χ4n) is 3.36. The molecule has 0 aromatic carbocycles. The largest absolute Gasteiger partial charge is 0.361 e. The van der Waals surface area contributed by atoms with Crippen LogP contribution < -0.4 is 5.56 Å². The maximum atomic E-state index is 12.2. The Hall–Kier alpha value is -1.95. The third-order valence-corrected chi connectivity index (χ3v) is 4.84. The number of likely N-dealkylation sites (tertiary alicyclic amines) is 1. The number of hydrogen-bond donors (Lipinski definition) is 0. The van der Waals surface area contributed by atoms with E-state index in [-0.39, 0.29) is 11.0 Å². The van der Waals surface area contributed by atoms with Crippen LogP contribution in [-0.4, -0.2) is 39.0 Å². The summed E-state index contributed by atoms with van der Waals surface area (Å²) >= 11 is 0. The first-order valence-corrected chi connectivity index (χ1v) is 9.08. The van der Waals surface area contributed by atoms with Gasteiger partial charge in [-0.3, -0.25) is 9.69 Å². The van der Waals surface area contributed by atoms with Crippen LogP contribution in [0.15, 0.2) is 27.5 Å². The highest BCUT2D eigenvalue weighted by molar-refractivity contribution is 5.10. The molecule has 3 rings (SSSR count). The van der Waals surface area contributed by atoms with Gasteiger partial charge < -0.3 is 4.52 Å². The maximum absolute atomic E-state index is 12.2. The Morgan fingerprint density at radius 1 is 1.32 bits per heavy atom. The Balaban J connectivity index is 1.68. The molecule has 0 N–H and O–H groups in total. The zero-order valence-corrected chi connectivity index (χ0v) is 15.7. The molecule has 1 fully saturated rings. The van der Waals surface area contributed by atoms with Gasteiger partial charge in [0.2, 0.25) is 0 Å². The van der Waals surface area contributed by atoms with Gasteiger partial charge in [-0.25, -0.2) is 4.68 Å². The third kappa shape index (κ3) is 4.37. The summed E-state index contributed by atoms with van der Waals surface area (Å²) in [4.78, 5) is 14.7. The van der Waals surface area contributed by atoms with Gasteiger partial charge in [0.15, 0.2) is 0 Å². The minimum atomic E-state index is -0.0606. The average molecular weight is 344 g/mol. The van der Waals surface area contributed by atoms with Crippen molar-refractivity contribution < 1.29 is 4.52 Å². The molecule has 2 aromatic heterocycles. The molecular weight excluding hydrogens is 316 g/mol. The molecule has 0 amide bonds. The molecular formula is C19H28N4O2. The monoisotopic (exact) mass is 344 g/mol. The van der Waals surface area contributed by atoms with Crippen molar-refractivity contribution in [2.45, 2.75) is 65.0 Å². The molecule has 1 aliphatic rings. The maximum Gasteiger partial charge on any atom is 0.266 e. The highest BCUT2D eigenvalue weighted by Gasteiger charge is 2.26. The van der Waals surface area contributed by atoms with E-state index >= 15 is 0 Å². The lowest BCUT2D eigenvalue weighted by Gasteiger charge is -2.25. The summed E-state index contributed by atoms with van der Waals surface area (Å²) in [6.45, 7) is 10.9. The molecule has 1 unspecified atom stereocenters. The summed E-state index contributed by atoms with van der Waals surface area (Å²) in [5.41, 5.74) is 1.79. The number of hydrogen-bond acceptors (Lipinski definition) is 5. The fraction of sp³-hybridized carbons (Fsp3) is 0.632. The second-order valence-electron chi connectivity index (χ2n) is 8.01. The van der Waals surface area contributed by atoms with E-state index < -0.39 is 0 Å². The molecule has 1 saturated heterocycles. The van der Waals surface area contributed by atoms with E-state index in [1.54, 1.807) is 10.7 Å². The van der Waals surface area contributed by atoms with E-state index in [9.17, 15) is 4.79 Å². The normalized spacial score (nSPS) is 18.8. The summed E-state index contributed by atoms with van der Waals surface area (Å²) < 4.78 is 6.95. The Morgan fingerprint density at radius 3 is 2.80 bits per heavy atom. The molecule has 2 aromatic rings. The smallest absolute Gasteiger partial charge is 0.266 e. The van der Waals surface area contributed by atoms with Crippen LogP contribution >= 0.6 is 0 Å². The highest BCUT2D eigenvalue weighted by Crippen LogP contribution is 2.21. The van der Waals surface area contributed by atoms with Crippen molar-refractivity contribution in [2.75, 3.05) is 13.1 Å². The van der Waals surface area contributed by atoms with Gasteiger partial charge in [-0.1, -0.05) is 25.9 Å². The highest BCUT2D eigenvalue weighted by atomic mass is 16.5. The van der Waals surface area contributed by atoms with Gasteiger partial charge >= 0.3 is 0 Å². The van der Waals surface area contributed by atoms with Crippen molar-refractivity contribution in [1.29, 1.82) is 0 Å². The average Bonchev–Trinajstić information content (AvgIpc) is 3.15. The number of rotatable bonds is 5. The minimum Gasteiger partial charge on any atom is -0.361 e. The van der Waals surface area contributed by atoms with E-state index in [4.69, 9.17) is 4.52 Å².